The van der Waals surface area contributed by atoms with E-state index in [-0.39, 0.29) is 27.6 Å². The Kier molecular flexibility index (Phi) is 4.54. The number of hydrogen-bond donors (Lipinski definition) is 1. The van der Waals surface area contributed by atoms with Gasteiger partial charge in [-0.2, -0.15) is 5.26 Å². The van der Waals surface area contributed by atoms with Gasteiger partial charge in [0, 0.05) is 22.5 Å². The molecule has 118 valence electrons. The fourth-order valence-electron chi connectivity index (χ4n) is 2.92. The first-order valence-electron chi connectivity index (χ1n) is 7.01. The highest BCUT2D eigenvalue weighted by Gasteiger charge is 2.41. The zero-order valence-electron chi connectivity index (χ0n) is 11.9. The number of rotatable bonds is 3. The minimum atomic E-state index is -0.539. The number of alkyl halides is 1. The molecule has 2 nitrogen and oxygen atoms in total. The Morgan fingerprint density at radius 2 is 1.87 bits per heavy atom. The summed E-state index contributed by atoms with van der Waals surface area (Å²) in [5, 5.41) is 12.4. The molecular formula is C17H12Cl2F2N2. The number of hydrogen-bond acceptors (Lipinski definition) is 2. The second-order valence-electron chi connectivity index (χ2n) is 5.43. The third kappa shape index (κ3) is 2.92. The highest BCUT2D eigenvalue weighted by atomic mass is 35.5. The molecule has 0 unspecified atom stereocenters. The molecule has 1 saturated heterocycles. The van der Waals surface area contributed by atoms with Crippen LogP contribution < -0.4 is 5.32 Å². The normalized spacial score (nSPS) is 23.2. The standard InChI is InChI=1S/C17H12Cl2F2N2/c18-11-5-12(19)16(13(21)6-11)9-1-3-10(4-2-9)17-14(7-20)23-15(17)8-22/h1-6,14-15,17,23H,7H2/t14-,15-,17+/m0/s1. The molecule has 2 aromatic rings. The largest absolute Gasteiger partial charge is 0.295 e. The molecule has 23 heavy (non-hydrogen) atoms. The molecule has 6 heteroatoms. The summed E-state index contributed by atoms with van der Waals surface area (Å²) in [6, 6.07) is 11.0. The van der Waals surface area contributed by atoms with Crippen molar-refractivity contribution in [2.75, 3.05) is 6.67 Å². The fourth-order valence-corrected chi connectivity index (χ4v) is 3.50. The second kappa shape index (κ2) is 6.45. The van der Waals surface area contributed by atoms with Crippen LogP contribution in [0.25, 0.3) is 11.1 Å². The van der Waals surface area contributed by atoms with E-state index in [4.69, 9.17) is 28.5 Å². The lowest BCUT2D eigenvalue weighted by molar-refractivity contribution is 0.210. The molecule has 2 aromatic carbocycles. The van der Waals surface area contributed by atoms with Crippen LogP contribution in [0, 0.1) is 17.1 Å². The Morgan fingerprint density at radius 1 is 1.17 bits per heavy atom. The van der Waals surface area contributed by atoms with Crippen LogP contribution in [-0.2, 0) is 0 Å². The summed E-state index contributed by atoms with van der Waals surface area (Å²) < 4.78 is 27.0. The van der Waals surface area contributed by atoms with E-state index in [1.807, 2.05) is 0 Å². The molecule has 0 radical (unpaired) electrons. The Labute approximate surface area is 142 Å². The minimum Gasteiger partial charge on any atom is -0.295 e. The Balaban J connectivity index is 1.93. The number of nitrogens with one attached hydrogen (secondary N) is 1. The lowest BCUT2D eigenvalue weighted by Crippen LogP contribution is -2.59. The van der Waals surface area contributed by atoms with E-state index in [1.54, 1.807) is 24.3 Å². The van der Waals surface area contributed by atoms with Crippen LogP contribution in [0.5, 0.6) is 0 Å². The van der Waals surface area contributed by atoms with E-state index in [9.17, 15) is 8.78 Å². The van der Waals surface area contributed by atoms with Crippen LogP contribution in [0.3, 0.4) is 0 Å². The van der Waals surface area contributed by atoms with Crippen LogP contribution in [0.2, 0.25) is 10.0 Å². The summed E-state index contributed by atoms with van der Waals surface area (Å²) in [5.41, 5.74) is 1.71. The van der Waals surface area contributed by atoms with Crippen molar-refractivity contribution in [2.45, 2.75) is 18.0 Å². The first-order chi connectivity index (χ1) is 11.0. The minimum absolute atomic E-state index is 0.204. The van der Waals surface area contributed by atoms with Crippen molar-refractivity contribution in [1.82, 2.24) is 5.32 Å². The van der Waals surface area contributed by atoms with Gasteiger partial charge < -0.3 is 0 Å². The summed E-state index contributed by atoms with van der Waals surface area (Å²) in [6.07, 6.45) is 0. The summed E-state index contributed by atoms with van der Waals surface area (Å²) in [4.78, 5) is 0. The molecule has 0 spiro atoms. The zero-order chi connectivity index (χ0) is 16.6. The maximum absolute atomic E-state index is 14.1. The van der Waals surface area contributed by atoms with Crippen molar-refractivity contribution >= 4 is 23.2 Å². The van der Waals surface area contributed by atoms with Crippen LogP contribution >= 0.6 is 23.2 Å². The van der Waals surface area contributed by atoms with Crippen LogP contribution in [0.15, 0.2) is 36.4 Å². The van der Waals surface area contributed by atoms with Crippen molar-refractivity contribution in [1.29, 1.82) is 5.26 Å². The molecule has 0 aromatic heterocycles. The van der Waals surface area contributed by atoms with Gasteiger partial charge in [-0.15, -0.1) is 0 Å². The topological polar surface area (TPSA) is 35.8 Å². The number of halogens is 4. The highest BCUT2D eigenvalue weighted by molar-refractivity contribution is 6.36. The number of benzene rings is 2. The monoisotopic (exact) mass is 352 g/mol. The predicted molar refractivity (Wildman–Crippen MR) is 86.9 cm³/mol. The molecule has 0 bridgehead atoms. The molecule has 0 saturated carbocycles. The molecule has 1 N–H and O–H groups in total. The summed E-state index contributed by atoms with van der Waals surface area (Å²) in [6.45, 7) is -0.539. The van der Waals surface area contributed by atoms with Gasteiger partial charge >= 0.3 is 0 Å². The highest BCUT2D eigenvalue weighted by Crippen LogP contribution is 2.36. The molecule has 0 aliphatic carbocycles. The van der Waals surface area contributed by atoms with Crippen molar-refractivity contribution in [3.63, 3.8) is 0 Å². The van der Waals surface area contributed by atoms with E-state index < -0.39 is 18.5 Å². The third-order valence-electron chi connectivity index (χ3n) is 4.08. The fraction of sp³-hybridized carbons (Fsp3) is 0.235. The van der Waals surface area contributed by atoms with Gasteiger partial charge in [0.15, 0.2) is 0 Å². The first kappa shape index (κ1) is 16.2. The average molecular weight is 353 g/mol. The number of nitrogens with zero attached hydrogens (tertiary/aromatic N) is 1. The first-order valence-corrected chi connectivity index (χ1v) is 7.77. The lowest BCUT2D eigenvalue weighted by atomic mass is 9.78. The molecule has 1 aliphatic rings. The SMILES string of the molecule is N#C[C@@H]1N[C@@H](CF)[C@H]1c1ccc(-c2c(F)cc(Cl)cc2Cl)cc1. The Morgan fingerprint density at radius 3 is 2.43 bits per heavy atom. The van der Waals surface area contributed by atoms with E-state index >= 15 is 0 Å². The molecule has 3 atom stereocenters. The summed E-state index contributed by atoms with van der Waals surface area (Å²) >= 11 is 11.8. The second-order valence-corrected chi connectivity index (χ2v) is 6.27. The molecule has 1 fully saturated rings. The third-order valence-corrected chi connectivity index (χ3v) is 4.60. The van der Waals surface area contributed by atoms with E-state index in [2.05, 4.69) is 11.4 Å². The predicted octanol–water partition coefficient (Wildman–Crippen LogP) is 4.72. The van der Waals surface area contributed by atoms with E-state index in [0.717, 1.165) is 5.56 Å². The average Bonchev–Trinajstić information content (AvgIpc) is 2.48. The van der Waals surface area contributed by atoms with Crippen LogP contribution in [-0.4, -0.2) is 18.8 Å². The van der Waals surface area contributed by atoms with Gasteiger partial charge in [0.25, 0.3) is 0 Å². The molecule has 3 rings (SSSR count). The van der Waals surface area contributed by atoms with Crippen molar-refractivity contribution in [3.8, 4) is 17.2 Å². The Bertz CT molecular complexity index is 748. The van der Waals surface area contributed by atoms with Gasteiger partial charge in [0.05, 0.1) is 11.1 Å². The van der Waals surface area contributed by atoms with Gasteiger partial charge in [-0.25, -0.2) is 8.78 Å². The quantitative estimate of drug-likeness (QED) is 0.867. The molecule has 1 heterocycles. The van der Waals surface area contributed by atoms with E-state index in [1.165, 1.54) is 12.1 Å². The lowest BCUT2D eigenvalue weighted by Gasteiger charge is -2.41. The van der Waals surface area contributed by atoms with Gasteiger partial charge in [0.2, 0.25) is 0 Å². The summed E-state index contributed by atoms with van der Waals surface area (Å²) in [5.74, 6) is -0.707. The molecule has 1 aliphatic heterocycles. The van der Waals surface area contributed by atoms with Gasteiger partial charge in [-0.1, -0.05) is 47.5 Å². The van der Waals surface area contributed by atoms with Gasteiger partial charge in [0.1, 0.15) is 18.5 Å². The zero-order valence-corrected chi connectivity index (χ0v) is 13.4. The van der Waals surface area contributed by atoms with Gasteiger partial charge in [-0.3, -0.25) is 5.32 Å². The smallest absolute Gasteiger partial charge is 0.134 e. The van der Waals surface area contributed by atoms with Gasteiger partial charge in [-0.05, 0) is 23.3 Å². The van der Waals surface area contributed by atoms with E-state index in [0.29, 0.717) is 5.56 Å². The number of nitriles is 1. The summed E-state index contributed by atoms with van der Waals surface area (Å²) in [7, 11) is 0. The van der Waals surface area contributed by atoms with Crippen LogP contribution in [0.4, 0.5) is 8.78 Å². The van der Waals surface area contributed by atoms with Crippen LogP contribution in [0.1, 0.15) is 11.5 Å². The maximum atomic E-state index is 14.1. The molecule has 0 amide bonds. The maximum Gasteiger partial charge on any atom is 0.134 e. The Hall–Kier alpha value is -1.67. The van der Waals surface area contributed by atoms with Crippen molar-refractivity contribution in [2.24, 2.45) is 0 Å². The molecular weight excluding hydrogens is 341 g/mol. The van der Waals surface area contributed by atoms with Crippen molar-refractivity contribution in [3.05, 3.63) is 57.8 Å². The van der Waals surface area contributed by atoms with Crippen molar-refractivity contribution < 1.29 is 8.78 Å².